The van der Waals surface area contributed by atoms with E-state index in [0.29, 0.717) is 0 Å². The van der Waals surface area contributed by atoms with Gasteiger partial charge in [-0.05, 0) is 12.5 Å². The molecule has 3 amide bonds. The molecule has 2 atom stereocenters. The van der Waals surface area contributed by atoms with Crippen molar-refractivity contribution >= 4 is 17.9 Å². The van der Waals surface area contributed by atoms with Crippen molar-refractivity contribution in [1.29, 1.82) is 0 Å². The molecule has 1 aromatic rings. The minimum atomic E-state index is -0.810. The standard InChI is InChI=1S/C14H16N2O4/c1-9(10-6-4-3-5-7-10)15-14(19)16-11(8-12(16)17)13(18)20-2/h3-7,9,11H,8H2,1-2H3,(H,15,19)/t9-,11+/m1/s1. The number of ether oxygens (including phenoxy) is 1. The second-order valence-corrected chi connectivity index (χ2v) is 4.59. The predicted molar refractivity (Wildman–Crippen MR) is 70.7 cm³/mol. The first-order valence-corrected chi connectivity index (χ1v) is 6.30. The van der Waals surface area contributed by atoms with E-state index in [0.717, 1.165) is 10.5 Å². The number of carbonyl (C=O) groups is 3. The minimum absolute atomic E-state index is 0.0137. The topological polar surface area (TPSA) is 75.7 Å². The van der Waals surface area contributed by atoms with Gasteiger partial charge in [0.05, 0.1) is 19.6 Å². The van der Waals surface area contributed by atoms with Gasteiger partial charge in [-0.1, -0.05) is 30.3 Å². The molecule has 1 saturated heterocycles. The zero-order valence-corrected chi connectivity index (χ0v) is 11.3. The van der Waals surface area contributed by atoms with Crippen molar-refractivity contribution in [2.24, 2.45) is 0 Å². The molecule has 1 aromatic carbocycles. The molecular weight excluding hydrogens is 260 g/mol. The van der Waals surface area contributed by atoms with Gasteiger partial charge in [-0.3, -0.25) is 4.79 Å². The van der Waals surface area contributed by atoms with Crippen LogP contribution in [0.3, 0.4) is 0 Å². The zero-order valence-electron chi connectivity index (χ0n) is 11.3. The third-order valence-corrected chi connectivity index (χ3v) is 3.28. The number of hydrogen-bond acceptors (Lipinski definition) is 4. The fourth-order valence-corrected chi connectivity index (χ4v) is 2.08. The fourth-order valence-electron chi connectivity index (χ4n) is 2.08. The van der Waals surface area contributed by atoms with Crippen LogP contribution in [-0.4, -0.2) is 36.0 Å². The normalized spacial score (nSPS) is 19.0. The lowest BCUT2D eigenvalue weighted by Gasteiger charge is -2.36. The highest BCUT2D eigenvalue weighted by atomic mass is 16.5. The Labute approximate surface area is 116 Å². The van der Waals surface area contributed by atoms with Gasteiger partial charge >= 0.3 is 12.0 Å². The lowest BCUT2D eigenvalue weighted by atomic mass is 10.0. The van der Waals surface area contributed by atoms with Crippen LogP contribution < -0.4 is 5.32 Å². The van der Waals surface area contributed by atoms with Crippen LogP contribution in [0.15, 0.2) is 30.3 Å². The number of methoxy groups -OCH3 is 1. The third-order valence-electron chi connectivity index (χ3n) is 3.28. The summed E-state index contributed by atoms with van der Waals surface area (Å²) in [7, 11) is 1.23. The molecule has 1 aliphatic heterocycles. The van der Waals surface area contributed by atoms with Crippen LogP contribution in [-0.2, 0) is 14.3 Å². The van der Waals surface area contributed by atoms with Crippen molar-refractivity contribution in [3.63, 3.8) is 0 Å². The highest BCUT2D eigenvalue weighted by Gasteiger charge is 2.46. The molecule has 1 heterocycles. The van der Waals surface area contributed by atoms with Crippen molar-refractivity contribution in [2.75, 3.05) is 7.11 Å². The molecule has 1 aliphatic rings. The Bertz CT molecular complexity index is 529. The Morgan fingerprint density at radius 3 is 2.55 bits per heavy atom. The number of nitrogens with zero attached hydrogens (tertiary/aromatic N) is 1. The Kier molecular flexibility index (Phi) is 4.02. The van der Waals surface area contributed by atoms with Gasteiger partial charge < -0.3 is 10.1 Å². The largest absolute Gasteiger partial charge is 0.467 e. The Morgan fingerprint density at radius 1 is 1.35 bits per heavy atom. The highest BCUT2D eigenvalue weighted by Crippen LogP contribution is 2.21. The van der Waals surface area contributed by atoms with Crippen molar-refractivity contribution < 1.29 is 19.1 Å². The fraction of sp³-hybridized carbons (Fsp3) is 0.357. The molecule has 0 spiro atoms. The van der Waals surface area contributed by atoms with E-state index < -0.39 is 18.0 Å². The highest BCUT2D eigenvalue weighted by molar-refractivity contribution is 6.06. The van der Waals surface area contributed by atoms with E-state index in [2.05, 4.69) is 10.1 Å². The number of likely N-dealkylation sites (tertiary alicyclic amines) is 1. The maximum atomic E-state index is 12.0. The molecule has 2 rings (SSSR count). The molecule has 1 N–H and O–H groups in total. The number of hydrogen-bond donors (Lipinski definition) is 1. The van der Waals surface area contributed by atoms with Crippen LogP contribution >= 0.6 is 0 Å². The van der Waals surface area contributed by atoms with Crippen molar-refractivity contribution in [1.82, 2.24) is 10.2 Å². The summed E-state index contributed by atoms with van der Waals surface area (Å²) in [5.74, 6) is -0.953. The minimum Gasteiger partial charge on any atom is -0.467 e. The smallest absolute Gasteiger partial charge is 0.329 e. The number of nitrogens with one attached hydrogen (secondary N) is 1. The average molecular weight is 276 g/mol. The molecular formula is C14H16N2O4. The van der Waals surface area contributed by atoms with E-state index in [1.165, 1.54) is 7.11 Å². The first-order valence-electron chi connectivity index (χ1n) is 6.30. The van der Waals surface area contributed by atoms with E-state index >= 15 is 0 Å². The second-order valence-electron chi connectivity index (χ2n) is 4.59. The van der Waals surface area contributed by atoms with E-state index in [1.807, 2.05) is 37.3 Å². The summed E-state index contributed by atoms with van der Waals surface area (Å²) in [6.07, 6.45) is 0.0137. The molecule has 0 bridgehead atoms. The number of carbonyl (C=O) groups excluding carboxylic acids is 3. The molecule has 1 fully saturated rings. The molecule has 0 aliphatic carbocycles. The van der Waals surface area contributed by atoms with E-state index in [1.54, 1.807) is 0 Å². The maximum Gasteiger partial charge on any atom is 0.329 e. The third kappa shape index (κ3) is 2.64. The van der Waals surface area contributed by atoms with Crippen LogP contribution in [0.1, 0.15) is 24.9 Å². The summed E-state index contributed by atoms with van der Waals surface area (Å²) in [6.45, 7) is 1.81. The molecule has 106 valence electrons. The van der Waals surface area contributed by atoms with Gasteiger partial charge in [0.1, 0.15) is 6.04 Å². The van der Waals surface area contributed by atoms with Crippen molar-refractivity contribution in [3.8, 4) is 0 Å². The number of rotatable bonds is 3. The van der Waals surface area contributed by atoms with Crippen LogP contribution in [0.4, 0.5) is 4.79 Å². The second kappa shape index (κ2) is 5.73. The van der Waals surface area contributed by atoms with Crippen molar-refractivity contribution in [3.05, 3.63) is 35.9 Å². The number of urea groups is 1. The Morgan fingerprint density at radius 2 is 2.00 bits per heavy atom. The molecule has 0 radical (unpaired) electrons. The summed E-state index contributed by atoms with van der Waals surface area (Å²) < 4.78 is 4.56. The monoisotopic (exact) mass is 276 g/mol. The summed E-state index contributed by atoms with van der Waals surface area (Å²) in [5, 5.41) is 2.70. The Hall–Kier alpha value is -2.37. The molecule has 6 heteroatoms. The van der Waals surface area contributed by atoms with Gasteiger partial charge in [-0.25, -0.2) is 14.5 Å². The summed E-state index contributed by atoms with van der Waals surface area (Å²) in [5.41, 5.74) is 0.920. The summed E-state index contributed by atoms with van der Waals surface area (Å²) in [4.78, 5) is 35.8. The predicted octanol–water partition coefficient (Wildman–Crippen LogP) is 1.23. The molecule has 0 aromatic heterocycles. The number of benzene rings is 1. The summed E-state index contributed by atoms with van der Waals surface area (Å²) in [6, 6.07) is 7.72. The van der Waals surface area contributed by atoms with Gasteiger partial charge in [0, 0.05) is 0 Å². The quantitative estimate of drug-likeness (QED) is 0.665. The molecule has 6 nitrogen and oxygen atoms in total. The van der Waals surface area contributed by atoms with Gasteiger partial charge in [-0.2, -0.15) is 0 Å². The molecule has 0 unspecified atom stereocenters. The zero-order chi connectivity index (χ0) is 14.7. The van der Waals surface area contributed by atoms with E-state index in [-0.39, 0.29) is 18.4 Å². The van der Waals surface area contributed by atoms with Gasteiger partial charge in [0.2, 0.25) is 5.91 Å². The van der Waals surface area contributed by atoms with Crippen LogP contribution in [0.25, 0.3) is 0 Å². The number of amides is 3. The van der Waals surface area contributed by atoms with Crippen LogP contribution in [0, 0.1) is 0 Å². The number of β-lactam (4-membered cyclic amide) rings is 1. The SMILES string of the molecule is COC(=O)[C@@H]1CC(=O)N1C(=O)N[C@H](C)c1ccccc1. The van der Waals surface area contributed by atoms with Gasteiger partial charge in [0.25, 0.3) is 0 Å². The van der Waals surface area contributed by atoms with Gasteiger partial charge in [-0.15, -0.1) is 0 Å². The van der Waals surface area contributed by atoms with E-state index in [9.17, 15) is 14.4 Å². The maximum absolute atomic E-state index is 12.0. The lowest BCUT2D eigenvalue weighted by Crippen LogP contribution is -2.62. The van der Waals surface area contributed by atoms with Crippen molar-refractivity contribution in [2.45, 2.75) is 25.4 Å². The lowest BCUT2D eigenvalue weighted by molar-refractivity contribution is -0.160. The number of imide groups is 1. The van der Waals surface area contributed by atoms with Crippen LogP contribution in [0.2, 0.25) is 0 Å². The Balaban J connectivity index is 2.01. The number of esters is 1. The first-order chi connectivity index (χ1) is 9.54. The first kappa shape index (κ1) is 14.0. The molecule has 20 heavy (non-hydrogen) atoms. The average Bonchev–Trinajstić information content (AvgIpc) is 2.44. The molecule has 0 saturated carbocycles. The van der Waals surface area contributed by atoms with Crippen LogP contribution in [0.5, 0.6) is 0 Å². The summed E-state index contributed by atoms with van der Waals surface area (Å²) >= 11 is 0. The van der Waals surface area contributed by atoms with Gasteiger partial charge in [0.15, 0.2) is 0 Å². The van der Waals surface area contributed by atoms with E-state index in [4.69, 9.17) is 0 Å².